The summed E-state index contributed by atoms with van der Waals surface area (Å²) in [7, 11) is 0. The lowest BCUT2D eigenvalue weighted by molar-refractivity contribution is -0.129. The van der Waals surface area contributed by atoms with E-state index in [-0.39, 0.29) is 23.3 Å². The van der Waals surface area contributed by atoms with Crippen molar-refractivity contribution in [2.45, 2.75) is 63.1 Å². The summed E-state index contributed by atoms with van der Waals surface area (Å²) < 4.78 is 0. The summed E-state index contributed by atoms with van der Waals surface area (Å²) in [4.78, 5) is 36.0. The molecule has 0 radical (unpaired) electrons. The quantitative estimate of drug-likeness (QED) is 0.630. The number of hydrogen-bond acceptors (Lipinski definition) is 6. The Hall–Kier alpha value is -2.97. The molecular formula is C29H37N5O3. The molecule has 2 N–H and O–H groups in total. The van der Waals surface area contributed by atoms with E-state index < -0.39 is 6.10 Å². The van der Waals surface area contributed by atoms with Gasteiger partial charge in [-0.3, -0.25) is 14.5 Å². The molecule has 1 spiro atoms. The summed E-state index contributed by atoms with van der Waals surface area (Å²) in [6.45, 7) is 6.44. The van der Waals surface area contributed by atoms with Crippen molar-refractivity contribution in [3.63, 3.8) is 0 Å². The Morgan fingerprint density at radius 3 is 2.59 bits per heavy atom. The second-order valence-corrected chi connectivity index (χ2v) is 11.4. The number of aliphatic hydroxyl groups is 1. The predicted octanol–water partition coefficient (Wildman–Crippen LogP) is 2.41. The van der Waals surface area contributed by atoms with Gasteiger partial charge in [-0.25, -0.2) is 4.98 Å². The second kappa shape index (κ2) is 9.72. The number of amides is 2. The molecule has 8 nitrogen and oxygen atoms in total. The van der Waals surface area contributed by atoms with Gasteiger partial charge in [0.2, 0.25) is 5.91 Å². The van der Waals surface area contributed by atoms with Gasteiger partial charge in [0.15, 0.2) is 0 Å². The van der Waals surface area contributed by atoms with E-state index >= 15 is 0 Å². The zero-order valence-electron chi connectivity index (χ0n) is 21.7. The molecule has 3 aliphatic heterocycles. The molecule has 4 heterocycles. The molecule has 1 saturated carbocycles. The molecule has 1 saturated heterocycles. The van der Waals surface area contributed by atoms with E-state index in [2.05, 4.69) is 40.5 Å². The largest absolute Gasteiger partial charge is 0.390 e. The first-order valence-electron chi connectivity index (χ1n) is 13.7. The van der Waals surface area contributed by atoms with Crippen molar-refractivity contribution < 1.29 is 14.7 Å². The second-order valence-electron chi connectivity index (χ2n) is 11.4. The van der Waals surface area contributed by atoms with Crippen molar-refractivity contribution in [2.75, 3.05) is 44.6 Å². The number of likely N-dealkylation sites (tertiary alicyclic amines) is 1. The minimum atomic E-state index is -0.598. The SMILES string of the molecule is CC(=O)N1CCC(Nc2ccc3c(n2)C(=O)N(C[C@H](O)CN2CCc4ccccc4C2)CC32CC2)CC1. The van der Waals surface area contributed by atoms with Crippen LogP contribution in [0.2, 0.25) is 0 Å². The fraction of sp³-hybridized carbons (Fsp3) is 0.552. The number of anilines is 1. The van der Waals surface area contributed by atoms with Gasteiger partial charge in [0.25, 0.3) is 5.91 Å². The number of pyridine rings is 1. The van der Waals surface area contributed by atoms with Crippen LogP contribution in [-0.2, 0) is 23.2 Å². The van der Waals surface area contributed by atoms with E-state index in [1.807, 2.05) is 15.9 Å². The lowest BCUT2D eigenvalue weighted by Crippen LogP contribution is -2.49. The normalized spacial score (nSPS) is 21.9. The first-order chi connectivity index (χ1) is 17.9. The molecule has 1 aromatic carbocycles. The van der Waals surface area contributed by atoms with Gasteiger partial charge in [0.05, 0.1) is 6.10 Å². The van der Waals surface area contributed by atoms with E-state index in [0.29, 0.717) is 25.3 Å². The lowest BCUT2D eigenvalue weighted by atomic mass is 9.89. The Morgan fingerprint density at radius 1 is 1.11 bits per heavy atom. The maximum absolute atomic E-state index is 13.6. The topological polar surface area (TPSA) is 89.0 Å². The number of hydrogen-bond donors (Lipinski definition) is 2. The summed E-state index contributed by atoms with van der Waals surface area (Å²) in [6, 6.07) is 12.8. The van der Waals surface area contributed by atoms with Crippen molar-refractivity contribution in [2.24, 2.45) is 0 Å². The fourth-order valence-corrected chi connectivity index (χ4v) is 6.40. The fourth-order valence-electron chi connectivity index (χ4n) is 6.40. The van der Waals surface area contributed by atoms with Crippen molar-refractivity contribution in [1.82, 2.24) is 19.7 Å². The van der Waals surface area contributed by atoms with E-state index in [1.165, 1.54) is 11.1 Å². The molecule has 2 amide bonds. The zero-order valence-corrected chi connectivity index (χ0v) is 21.7. The molecular weight excluding hydrogens is 466 g/mol. The molecule has 196 valence electrons. The highest BCUT2D eigenvalue weighted by Crippen LogP contribution is 2.52. The van der Waals surface area contributed by atoms with Gasteiger partial charge < -0.3 is 20.2 Å². The zero-order chi connectivity index (χ0) is 25.6. The minimum Gasteiger partial charge on any atom is -0.390 e. The highest BCUT2D eigenvalue weighted by atomic mass is 16.3. The van der Waals surface area contributed by atoms with Crippen LogP contribution in [0.5, 0.6) is 0 Å². The average Bonchev–Trinajstić information content (AvgIpc) is 3.67. The van der Waals surface area contributed by atoms with Crippen LogP contribution in [-0.4, -0.2) is 88.0 Å². The third-order valence-corrected chi connectivity index (χ3v) is 8.71. The van der Waals surface area contributed by atoms with Gasteiger partial charge in [-0.1, -0.05) is 30.3 Å². The maximum atomic E-state index is 13.6. The molecule has 0 bridgehead atoms. The Labute approximate surface area is 218 Å². The standard InChI is InChI=1S/C29H37N5O3/c1-20(35)33-14-9-23(10-15-33)30-26-7-6-25-27(31-26)28(37)34(19-29(25)11-12-29)18-24(36)17-32-13-8-21-4-2-3-5-22(21)16-32/h2-7,23-24,36H,8-19H2,1H3,(H,30,31)/t24-/m1/s1. The molecule has 6 rings (SSSR count). The third-order valence-electron chi connectivity index (χ3n) is 8.71. The number of β-amino-alcohol motifs (C(OH)–C–C–N with tert-alkyl or cyclic N) is 1. The van der Waals surface area contributed by atoms with E-state index in [0.717, 1.165) is 69.7 Å². The number of aromatic nitrogens is 1. The average molecular weight is 504 g/mol. The number of nitrogens with one attached hydrogen (secondary N) is 1. The van der Waals surface area contributed by atoms with Gasteiger partial charge >= 0.3 is 0 Å². The first kappa shape index (κ1) is 24.4. The Kier molecular flexibility index (Phi) is 6.41. The summed E-state index contributed by atoms with van der Waals surface area (Å²) in [5, 5.41) is 14.5. The van der Waals surface area contributed by atoms with Crippen LogP contribution in [0.15, 0.2) is 36.4 Å². The number of benzene rings is 1. The molecule has 1 aliphatic carbocycles. The Morgan fingerprint density at radius 2 is 1.86 bits per heavy atom. The van der Waals surface area contributed by atoms with Crippen LogP contribution in [0.1, 0.15) is 59.8 Å². The van der Waals surface area contributed by atoms with Crippen LogP contribution < -0.4 is 5.32 Å². The number of fused-ring (bicyclic) bond motifs is 3. The summed E-state index contributed by atoms with van der Waals surface area (Å²) in [6.07, 6.45) is 4.25. The number of carbonyl (C=O) groups excluding carboxylic acids is 2. The molecule has 4 aliphatic rings. The van der Waals surface area contributed by atoms with Crippen LogP contribution in [0, 0.1) is 0 Å². The van der Waals surface area contributed by atoms with Crippen LogP contribution in [0.3, 0.4) is 0 Å². The highest BCUT2D eigenvalue weighted by molar-refractivity contribution is 5.96. The summed E-state index contributed by atoms with van der Waals surface area (Å²) >= 11 is 0. The van der Waals surface area contributed by atoms with Gasteiger partial charge in [-0.05, 0) is 54.9 Å². The van der Waals surface area contributed by atoms with Gasteiger partial charge in [-0.15, -0.1) is 0 Å². The summed E-state index contributed by atoms with van der Waals surface area (Å²) in [5.74, 6) is 0.766. The molecule has 37 heavy (non-hydrogen) atoms. The molecule has 8 heteroatoms. The van der Waals surface area contributed by atoms with E-state index in [9.17, 15) is 14.7 Å². The summed E-state index contributed by atoms with van der Waals surface area (Å²) in [5.41, 5.74) is 4.32. The van der Waals surface area contributed by atoms with Crippen LogP contribution in [0.25, 0.3) is 0 Å². The van der Waals surface area contributed by atoms with Gasteiger partial charge in [0, 0.05) is 64.2 Å². The van der Waals surface area contributed by atoms with Crippen molar-refractivity contribution in [1.29, 1.82) is 0 Å². The van der Waals surface area contributed by atoms with Gasteiger partial charge in [-0.2, -0.15) is 0 Å². The minimum absolute atomic E-state index is 0.00855. The van der Waals surface area contributed by atoms with Crippen LogP contribution in [0.4, 0.5) is 5.82 Å². The highest BCUT2D eigenvalue weighted by Gasteiger charge is 2.52. The molecule has 2 fully saturated rings. The number of aliphatic hydroxyl groups excluding tert-OH is 1. The molecule has 1 atom stereocenters. The van der Waals surface area contributed by atoms with E-state index in [4.69, 9.17) is 4.98 Å². The molecule has 1 aromatic heterocycles. The number of carbonyl (C=O) groups is 2. The Bertz CT molecular complexity index is 1190. The lowest BCUT2D eigenvalue weighted by Gasteiger charge is -2.37. The third kappa shape index (κ3) is 4.97. The van der Waals surface area contributed by atoms with E-state index in [1.54, 1.807) is 6.92 Å². The molecule has 0 unspecified atom stereocenters. The van der Waals surface area contributed by atoms with Gasteiger partial charge in [0.1, 0.15) is 11.5 Å². The predicted molar refractivity (Wildman–Crippen MR) is 141 cm³/mol. The first-order valence-corrected chi connectivity index (χ1v) is 13.7. The number of piperidine rings is 1. The van der Waals surface area contributed by atoms with Crippen molar-refractivity contribution in [3.8, 4) is 0 Å². The number of nitrogens with zero attached hydrogens (tertiary/aromatic N) is 4. The Balaban J connectivity index is 1.11. The molecule has 2 aromatic rings. The monoisotopic (exact) mass is 503 g/mol. The van der Waals surface area contributed by atoms with Crippen LogP contribution >= 0.6 is 0 Å². The number of rotatable bonds is 6. The van der Waals surface area contributed by atoms with Crippen molar-refractivity contribution in [3.05, 3.63) is 58.8 Å². The maximum Gasteiger partial charge on any atom is 0.272 e. The smallest absolute Gasteiger partial charge is 0.272 e. The van der Waals surface area contributed by atoms with Crippen molar-refractivity contribution >= 4 is 17.6 Å².